The minimum atomic E-state index is -3.49. The van der Waals surface area contributed by atoms with Gasteiger partial charge in [0, 0.05) is 11.1 Å². The summed E-state index contributed by atoms with van der Waals surface area (Å²) in [5.41, 5.74) is 4.38. The summed E-state index contributed by atoms with van der Waals surface area (Å²) < 4.78 is 31.5. The number of nitrogens with zero attached hydrogens (tertiary/aromatic N) is 1. The lowest BCUT2D eigenvalue weighted by molar-refractivity contribution is -0.118. The van der Waals surface area contributed by atoms with Crippen molar-refractivity contribution in [2.75, 3.05) is 12.4 Å². The SMILES string of the molecule is CNS(=O)(=O)c1ccc(-c2cccc(NC(=O)C3(c4ccc5onc(C)c5c4)CC3)c2)cc1. The van der Waals surface area contributed by atoms with E-state index in [2.05, 4.69) is 15.2 Å². The standard InChI is InChI=1S/C25H23N3O4S/c1-16-22-15-19(8-11-23(22)32-28-16)25(12-13-25)24(29)27-20-5-3-4-18(14-20)17-6-9-21(10-7-17)33(30,31)26-2/h3-11,14-15,26H,12-13H2,1-2H3,(H,27,29). The molecule has 1 saturated carbocycles. The number of carbonyl (C=O) groups is 1. The quantitative estimate of drug-likeness (QED) is 0.444. The third-order valence-corrected chi connectivity index (χ3v) is 7.70. The smallest absolute Gasteiger partial charge is 0.240 e. The van der Waals surface area contributed by atoms with Gasteiger partial charge in [-0.2, -0.15) is 0 Å². The Labute approximate surface area is 191 Å². The van der Waals surface area contributed by atoms with Crippen molar-refractivity contribution < 1.29 is 17.7 Å². The van der Waals surface area contributed by atoms with Gasteiger partial charge in [-0.05, 0) is 79.9 Å². The van der Waals surface area contributed by atoms with Crippen LogP contribution in [-0.2, 0) is 20.2 Å². The van der Waals surface area contributed by atoms with E-state index in [4.69, 9.17) is 4.52 Å². The van der Waals surface area contributed by atoms with Crippen LogP contribution in [0.3, 0.4) is 0 Å². The van der Waals surface area contributed by atoms with Crippen molar-refractivity contribution in [1.29, 1.82) is 0 Å². The summed E-state index contributed by atoms with van der Waals surface area (Å²) >= 11 is 0. The monoisotopic (exact) mass is 461 g/mol. The Morgan fingerprint density at radius 1 is 1.00 bits per heavy atom. The van der Waals surface area contributed by atoms with Gasteiger partial charge in [0.15, 0.2) is 5.58 Å². The zero-order valence-corrected chi connectivity index (χ0v) is 19.1. The first-order valence-corrected chi connectivity index (χ1v) is 12.1. The fraction of sp³-hybridized carbons (Fsp3) is 0.200. The summed E-state index contributed by atoms with van der Waals surface area (Å²) in [6, 6.07) is 20.0. The van der Waals surface area contributed by atoms with E-state index in [0.29, 0.717) is 11.3 Å². The molecule has 2 N–H and O–H groups in total. The Bertz CT molecular complexity index is 1470. The molecule has 0 bridgehead atoms. The number of amides is 1. The molecule has 0 aliphatic heterocycles. The predicted molar refractivity (Wildman–Crippen MR) is 126 cm³/mol. The Balaban J connectivity index is 1.38. The minimum absolute atomic E-state index is 0.0384. The summed E-state index contributed by atoms with van der Waals surface area (Å²) in [6.45, 7) is 1.89. The molecule has 5 rings (SSSR count). The second-order valence-corrected chi connectivity index (χ2v) is 10.2. The molecular formula is C25H23N3O4S. The van der Waals surface area contributed by atoms with E-state index in [9.17, 15) is 13.2 Å². The number of aromatic nitrogens is 1. The summed E-state index contributed by atoms with van der Waals surface area (Å²) in [6.07, 6.45) is 1.57. The van der Waals surface area contributed by atoms with Gasteiger partial charge in [-0.15, -0.1) is 0 Å². The Kier molecular flexibility index (Phi) is 5.07. The number of nitrogens with one attached hydrogen (secondary N) is 2. The molecule has 1 aromatic heterocycles. The first-order chi connectivity index (χ1) is 15.8. The minimum Gasteiger partial charge on any atom is -0.356 e. The van der Waals surface area contributed by atoms with Crippen LogP contribution in [0.5, 0.6) is 0 Å². The number of sulfonamides is 1. The molecule has 4 aromatic rings. The van der Waals surface area contributed by atoms with Crippen molar-refractivity contribution in [3.05, 3.63) is 78.0 Å². The summed E-state index contributed by atoms with van der Waals surface area (Å²) in [4.78, 5) is 13.5. The molecule has 1 fully saturated rings. The van der Waals surface area contributed by atoms with Crippen molar-refractivity contribution >= 4 is 32.6 Å². The summed E-state index contributed by atoms with van der Waals surface area (Å²) in [7, 11) is -2.10. The van der Waals surface area contributed by atoms with Crippen LogP contribution in [0.4, 0.5) is 5.69 Å². The maximum atomic E-state index is 13.3. The average molecular weight is 462 g/mol. The van der Waals surface area contributed by atoms with Gasteiger partial charge in [0.2, 0.25) is 15.9 Å². The maximum absolute atomic E-state index is 13.3. The fourth-order valence-corrected chi connectivity index (χ4v) is 4.83. The van der Waals surface area contributed by atoms with Gasteiger partial charge in [-0.3, -0.25) is 4.79 Å². The number of carbonyl (C=O) groups excluding carboxylic acids is 1. The number of hydrogen-bond donors (Lipinski definition) is 2. The maximum Gasteiger partial charge on any atom is 0.240 e. The molecule has 0 radical (unpaired) electrons. The fourth-order valence-electron chi connectivity index (χ4n) is 4.10. The first kappa shape index (κ1) is 21.4. The number of anilines is 1. The molecule has 3 aromatic carbocycles. The lowest BCUT2D eigenvalue weighted by atomic mass is 9.93. The second-order valence-electron chi connectivity index (χ2n) is 8.33. The highest BCUT2D eigenvalue weighted by Crippen LogP contribution is 2.49. The summed E-state index contributed by atoms with van der Waals surface area (Å²) in [5.74, 6) is -0.0384. The number of fused-ring (bicyclic) bond motifs is 1. The van der Waals surface area contributed by atoms with E-state index in [-0.39, 0.29) is 10.8 Å². The van der Waals surface area contributed by atoms with Gasteiger partial charge < -0.3 is 9.84 Å². The second kappa shape index (κ2) is 7.83. The molecule has 1 heterocycles. The largest absolute Gasteiger partial charge is 0.356 e. The van der Waals surface area contributed by atoms with Gasteiger partial charge in [-0.25, -0.2) is 13.1 Å². The van der Waals surface area contributed by atoms with Crippen LogP contribution in [0, 0.1) is 6.92 Å². The lowest BCUT2D eigenvalue weighted by Gasteiger charge is -2.16. The molecule has 0 atom stereocenters. The summed E-state index contributed by atoms with van der Waals surface area (Å²) in [5, 5.41) is 8.00. The molecule has 0 saturated heterocycles. The van der Waals surface area contributed by atoms with Crippen LogP contribution in [0.2, 0.25) is 0 Å². The molecular weight excluding hydrogens is 438 g/mol. The number of rotatable bonds is 6. The normalized spacial score (nSPS) is 14.8. The van der Waals surface area contributed by atoms with Crippen LogP contribution < -0.4 is 10.0 Å². The zero-order valence-electron chi connectivity index (χ0n) is 18.3. The molecule has 0 unspecified atom stereocenters. The predicted octanol–water partition coefficient (Wildman–Crippen LogP) is 4.38. The van der Waals surface area contributed by atoms with Gasteiger partial charge in [-0.1, -0.05) is 35.5 Å². The van der Waals surface area contributed by atoms with Gasteiger partial charge in [0.05, 0.1) is 16.0 Å². The van der Waals surface area contributed by atoms with Crippen LogP contribution >= 0.6 is 0 Å². The van der Waals surface area contributed by atoms with Gasteiger partial charge in [0.25, 0.3) is 0 Å². The highest BCUT2D eigenvalue weighted by Gasteiger charge is 2.51. The molecule has 33 heavy (non-hydrogen) atoms. The van der Waals surface area contributed by atoms with Crippen molar-refractivity contribution in [3.8, 4) is 11.1 Å². The van der Waals surface area contributed by atoms with Crippen molar-refractivity contribution in [2.24, 2.45) is 0 Å². The molecule has 1 aliphatic carbocycles. The third kappa shape index (κ3) is 3.81. The highest BCUT2D eigenvalue weighted by molar-refractivity contribution is 7.89. The van der Waals surface area contributed by atoms with Crippen molar-refractivity contribution in [2.45, 2.75) is 30.1 Å². The Hall–Kier alpha value is -3.49. The van der Waals surface area contributed by atoms with Crippen molar-refractivity contribution in [3.63, 3.8) is 0 Å². The van der Waals surface area contributed by atoms with Crippen LogP contribution in [0.15, 0.2) is 76.1 Å². The van der Waals surface area contributed by atoms with E-state index in [0.717, 1.165) is 40.6 Å². The van der Waals surface area contributed by atoms with Crippen LogP contribution in [0.1, 0.15) is 24.1 Å². The highest BCUT2D eigenvalue weighted by atomic mass is 32.2. The van der Waals surface area contributed by atoms with E-state index < -0.39 is 15.4 Å². The van der Waals surface area contributed by atoms with E-state index in [1.54, 1.807) is 24.3 Å². The zero-order chi connectivity index (χ0) is 23.2. The third-order valence-electron chi connectivity index (χ3n) is 6.27. The topological polar surface area (TPSA) is 101 Å². The lowest BCUT2D eigenvalue weighted by Crippen LogP contribution is -2.27. The number of hydrogen-bond acceptors (Lipinski definition) is 5. The Morgan fingerprint density at radius 2 is 1.76 bits per heavy atom. The van der Waals surface area contributed by atoms with Crippen LogP contribution in [-0.4, -0.2) is 26.5 Å². The number of aryl methyl sites for hydroxylation is 1. The Morgan fingerprint density at radius 3 is 2.45 bits per heavy atom. The number of benzene rings is 3. The van der Waals surface area contributed by atoms with Gasteiger partial charge >= 0.3 is 0 Å². The molecule has 1 aliphatic rings. The molecule has 7 nitrogen and oxygen atoms in total. The average Bonchev–Trinajstić information content (AvgIpc) is 3.57. The van der Waals surface area contributed by atoms with E-state index in [1.807, 2.05) is 49.4 Å². The molecule has 8 heteroatoms. The molecule has 168 valence electrons. The van der Waals surface area contributed by atoms with E-state index in [1.165, 1.54) is 7.05 Å². The first-order valence-electron chi connectivity index (χ1n) is 10.6. The van der Waals surface area contributed by atoms with Crippen LogP contribution in [0.25, 0.3) is 22.1 Å². The van der Waals surface area contributed by atoms with Gasteiger partial charge in [0.1, 0.15) is 0 Å². The molecule has 0 spiro atoms. The molecule has 1 amide bonds. The van der Waals surface area contributed by atoms with Crippen molar-refractivity contribution in [1.82, 2.24) is 9.88 Å². The van der Waals surface area contributed by atoms with E-state index >= 15 is 0 Å².